The maximum atomic E-state index is 13.5. The minimum Gasteiger partial charge on any atom is -0.339 e. The zero-order chi connectivity index (χ0) is 24.6. The molecule has 0 saturated heterocycles. The van der Waals surface area contributed by atoms with E-state index in [1.54, 1.807) is 6.92 Å². The Morgan fingerprint density at radius 2 is 2.00 bits per heavy atom. The molecule has 1 aromatic heterocycles. The minimum absolute atomic E-state index is 0.0799. The Morgan fingerprint density at radius 3 is 2.65 bits per heavy atom. The molecule has 1 fully saturated rings. The fraction of sp³-hybridized carbons (Fsp3) is 0.348. The Morgan fingerprint density at radius 1 is 1.26 bits per heavy atom. The van der Waals surface area contributed by atoms with Crippen molar-refractivity contribution in [2.24, 2.45) is 5.92 Å². The molecule has 1 aliphatic carbocycles. The second-order valence-electron chi connectivity index (χ2n) is 9.33. The van der Waals surface area contributed by atoms with Crippen molar-refractivity contribution >= 4 is 44.7 Å². The smallest absolute Gasteiger partial charge is 0.293 e. The molecular formula is C23H21ClFN3O5S. The van der Waals surface area contributed by atoms with E-state index in [1.807, 2.05) is 4.57 Å². The molecule has 34 heavy (non-hydrogen) atoms. The van der Waals surface area contributed by atoms with Gasteiger partial charge in [0, 0.05) is 22.8 Å². The number of fused-ring (bicyclic) bond motifs is 3. The summed E-state index contributed by atoms with van der Waals surface area (Å²) in [5.41, 5.74) is 0.537. The molecule has 2 aliphatic heterocycles. The number of halogens is 2. The Kier molecular flexibility index (Phi) is 5.04. The Balaban J connectivity index is 1.46. The lowest BCUT2D eigenvalue weighted by Gasteiger charge is -2.22. The second-order valence-corrected chi connectivity index (χ2v) is 11.6. The number of nitrogens with one attached hydrogen (secondary N) is 2. The van der Waals surface area contributed by atoms with E-state index in [0.717, 1.165) is 17.9 Å². The molecule has 0 bridgehead atoms. The zero-order valence-electron chi connectivity index (χ0n) is 18.3. The van der Waals surface area contributed by atoms with Gasteiger partial charge >= 0.3 is 0 Å². The highest BCUT2D eigenvalue weighted by molar-refractivity contribution is 7.94. The van der Waals surface area contributed by atoms with Crippen molar-refractivity contribution in [2.75, 3.05) is 11.1 Å². The van der Waals surface area contributed by atoms with Crippen molar-refractivity contribution in [1.29, 1.82) is 0 Å². The van der Waals surface area contributed by atoms with Crippen molar-refractivity contribution in [3.8, 4) is 0 Å². The number of carbonyl (C=O) groups excluding carboxylic acids is 3. The third-order valence-corrected chi connectivity index (χ3v) is 8.43. The molecule has 1 saturated carbocycles. The van der Waals surface area contributed by atoms with E-state index in [9.17, 15) is 27.2 Å². The predicted molar refractivity (Wildman–Crippen MR) is 123 cm³/mol. The van der Waals surface area contributed by atoms with E-state index < -0.39 is 38.8 Å². The molecule has 2 aromatic rings. The number of anilines is 1. The number of rotatable bonds is 5. The van der Waals surface area contributed by atoms with Crippen LogP contribution >= 0.6 is 11.6 Å². The average Bonchev–Trinajstić information content (AvgIpc) is 3.20. The maximum Gasteiger partial charge on any atom is 0.293 e. The van der Waals surface area contributed by atoms with Gasteiger partial charge in [-0.15, -0.1) is 0 Å². The number of ketones is 1. The van der Waals surface area contributed by atoms with Crippen molar-refractivity contribution < 1.29 is 27.2 Å². The summed E-state index contributed by atoms with van der Waals surface area (Å²) in [5.74, 6) is -2.88. The van der Waals surface area contributed by atoms with Crippen LogP contribution in [0.5, 0.6) is 0 Å². The van der Waals surface area contributed by atoms with Crippen LogP contribution in [0.15, 0.2) is 29.7 Å². The van der Waals surface area contributed by atoms with Gasteiger partial charge in [-0.3, -0.25) is 14.4 Å². The van der Waals surface area contributed by atoms with Crippen molar-refractivity contribution in [3.05, 3.63) is 63.0 Å². The molecule has 0 spiro atoms. The largest absolute Gasteiger partial charge is 0.339 e. The Labute approximate surface area is 200 Å². The van der Waals surface area contributed by atoms with E-state index in [2.05, 4.69) is 10.6 Å². The molecule has 5 rings (SSSR count). The summed E-state index contributed by atoms with van der Waals surface area (Å²) < 4.78 is 38.9. The zero-order valence-corrected chi connectivity index (χ0v) is 19.9. The summed E-state index contributed by atoms with van der Waals surface area (Å²) in [6.45, 7) is 3.13. The standard InChI is InChI=1S/C23H21ClFN3O5S/c1-11-18(20(29)22(31)27-23(2)5-6-34(32,33)10-23)17-8-12-7-16(12)28(17)19(11)21(30)26-13-3-4-15(25)14(24)9-13/h3-6,9,12,16H,7-8,10H2,1-2H3,(H,26,30)(H,27,31)/t12-,16-,23?/m1/s1. The molecule has 3 aliphatic rings. The average molecular weight is 506 g/mol. The number of benzene rings is 1. The SMILES string of the molecule is Cc1c(C(=O)C(=O)NC2(C)C=CS(=O)(=O)C2)c2n(c1C(=O)Nc1ccc(F)c(Cl)c1)[C@@H]1C[C@@H]1C2. The highest BCUT2D eigenvalue weighted by Crippen LogP contribution is 2.54. The number of carbonyl (C=O) groups is 3. The summed E-state index contributed by atoms with van der Waals surface area (Å²) in [6, 6.07) is 3.89. The first-order valence-electron chi connectivity index (χ1n) is 10.7. The molecule has 3 heterocycles. The molecule has 11 heteroatoms. The first-order valence-corrected chi connectivity index (χ1v) is 12.8. The van der Waals surface area contributed by atoms with Crippen LogP contribution in [0.25, 0.3) is 0 Å². The fourth-order valence-electron chi connectivity index (χ4n) is 4.97. The van der Waals surface area contributed by atoms with Crippen LogP contribution in [0.4, 0.5) is 10.1 Å². The lowest BCUT2D eigenvalue weighted by molar-refractivity contribution is -0.118. The van der Waals surface area contributed by atoms with Crippen LogP contribution in [0, 0.1) is 18.7 Å². The Hall–Kier alpha value is -2.98. The van der Waals surface area contributed by atoms with E-state index in [4.69, 9.17) is 11.6 Å². The van der Waals surface area contributed by atoms with Crippen LogP contribution in [0.3, 0.4) is 0 Å². The van der Waals surface area contributed by atoms with Gasteiger partial charge < -0.3 is 15.2 Å². The van der Waals surface area contributed by atoms with Crippen molar-refractivity contribution in [1.82, 2.24) is 9.88 Å². The molecule has 178 valence electrons. The van der Waals surface area contributed by atoms with E-state index >= 15 is 0 Å². The first kappa shape index (κ1) is 22.8. The van der Waals surface area contributed by atoms with Gasteiger partial charge in [-0.1, -0.05) is 11.6 Å². The van der Waals surface area contributed by atoms with Crippen LogP contribution in [-0.2, 0) is 21.1 Å². The van der Waals surface area contributed by atoms with Crippen LogP contribution in [-0.4, -0.2) is 41.9 Å². The summed E-state index contributed by atoms with van der Waals surface area (Å²) in [4.78, 5) is 39.3. The summed E-state index contributed by atoms with van der Waals surface area (Å²) in [6.07, 6.45) is 2.80. The van der Waals surface area contributed by atoms with Gasteiger partial charge in [0.05, 0.1) is 21.9 Å². The first-order chi connectivity index (χ1) is 15.9. The highest BCUT2D eigenvalue weighted by Gasteiger charge is 2.50. The van der Waals surface area contributed by atoms with Crippen molar-refractivity contribution in [2.45, 2.75) is 38.3 Å². The molecule has 1 aromatic carbocycles. The summed E-state index contributed by atoms with van der Waals surface area (Å²) in [5, 5.41) is 6.10. The molecular weight excluding hydrogens is 485 g/mol. The van der Waals surface area contributed by atoms with Gasteiger partial charge in [-0.2, -0.15) is 0 Å². The molecule has 2 amide bonds. The molecule has 3 atom stereocenters. The van der Waals surface area contributed by atoms with Gasteiger partial charge in [0.15, 0.2) is 9.84 Å². The third kappa shape index (κ3) is 3.74. The molecule has 2 N–H and O–H groups in total. The fourth-order valence-corrected chi connectivity index (χ4v) is 6.76. The summed E-state index contributed by atoms with van der Waals surface area (Å²) in [7, 11) is -3.45. The minimum atomic E-state index is -3.45. The highest BCUT2D eigenvalue weighted by atomic mass is 35.5. The number of hydrogen-bond donors (Lipinski definition) is 2. The number of aromatic nitrogens is 1. The molecule has 1 unspecified atom stereocenters. The topological polar surface area (TPSA) is 114 Å². The number of amides is 2. The molecule has 8 nitrogen and oxygen atoms in total. The lowest BCUT2D eigenvalue weighted by Crippen LogP contribution is -2.49. The quantitative estimate of drug-likeness (QED) is 0.479. The summed E-state index contributed by atoms with van der Waals surface area (Å²) >= 11 is 5.81. The second kappa shape index (κ2) is 7.51. The lowest BCUT2D eigenvalue weighted by atomic mass is 10.00. The van der Waals surface area contributed by atoms with E-state index in [-0.39, 0.29) is 28.1 Å². The monoisotopic (exact) mass is 505 g/mol. The Bertz CT molecular complexity index is 1430. The number of Topliss-reactive ketones (excluding diaryl/α,β-unsaturated/α-hetero) is 1. The molecule has 0 radical (unpaired) electrons. The van der Waals surface area contributed by atoms with Gasteiger partial charge in [0.1, 0.15) is 11.5 Å². The van der Waals surface area contributed by atoms with Gasteiger partial charge in [-0.05, 0) is 62.4 Å². The normalized spacial score (nSPS) is 25.5. The van der Waals surface area contributed by atoms with Gasteiger partial charge in [-0.25, -0.2) is 12.8 Å². The number of sulfone groups is 1. The van der Waals surface area contributed by atoms with Crippen LogP contribution in [0.2, 0.25) is 5.02 Å². The van der Waals surface area contributed by atoms with E-state index in [0.29, 0.717) is 29.3 Å². The van der Waals surface area contributed by atoms with Crippen molar-refractivity contribution in [3.63, 3.8) is 0 Å². The van der Waals surface area contributed by atoms with E-state index in [1.165, 1.54) is 25.1 Å². The predicted octanol–water partition coefficient (Wildman–Crippen LogP) is 2.96. The number of nitrogens with zero attached hydrogens (tertiary/aromatic N) is 1. The van der Waals surface area contributed by atoms with Crippen LogP contribution in [0.1, 0.15) is 51.5 Å². The van der Waals surface area contributed by atoms with Crippen LogP contribution < -0.4 is 10.6 Å². The maximum absolute atomic E-state index is 13.5. The van der Waals surface area contributed by atoms with Gasteiger partial charge in [0.2, 0.25) is 0 Å². The van der Waals surface area contributed by atoms with Gasteiger partial charge in [0.25, 0.3) is 17.6 Å². The third-order valence-electron chi connectivity index (χ3n) is 6.59. The number of hydrogen-bond acceptors (Lipinski definition) is 5.